The first-order valence-electron chi connectivity index (χ1n) is 6.64. The summed E-state index contributed by atoms with van der Waals surface area (Å²) in [6, 6.07) is 4.47. The van der Waals surface area contributed by atoms with Crippen molar-refractivity contribution in [1.82, 2.24) is 10.1 Å². The van der Waals surface area contributed by atoms with Gasteiger partial charge in [-0.15, -0.1) is 0 Å². The van der Waals surface area contributed by atoms with Crippen molar-refractivity contribution in [2.24, 2.45) is 5.73 Å². The zero-order valence-corrected chi connectivity index (χ0v) is 11.2. The van der Waals surface area contributed by atoms with E-state index in [2.05, 4.69) is 10.1 Å². The third-order valence-electron chi connectivity index (χ3n) is 3.26. The van der Waals surface area contributed by atoms with Gasteiger partial charge >= 0.3 is 0 Å². The normalized spacial score (nSPS) is 16.1. The summed E-state index contributed by atoms with van der Waals surface area (Å²) < 4.78 is 24.2. The van der Waals surface area contributed by atoms with E-state index in [-0.39, 0.29) is 18.4 Å². The molecule has 1 heterocycles. The number of nitrogens with zero attached hydrogens (tertiary/aromatic N) is 2. The lowest BCUT2D eigenvalue weighted by atomic mass is 10.1. The predicted octanol–water partition coefficient (Wildman–Crippen LogP) is 2.68. The van der Waals surface area contributed by atoms with E-state index in [1.165, 1.54) is 6.07 Å². The van der Waals surface area contributed by atoms with Gasteiger partial charge in [-0.05, 0) is 37.5 Å². The van der Waals surface area contributed by atoms with Gasteiger partial charge in [-0.2, -0.15) is 4.98 Å². The molecule has 0 amide bonds. The summed E-state index contributed by atoms with van der Waals surface area (Å²) in [7, 11) is 0. The monoisotopic (exact) mass is 277 g/mol. The molecule has 1 fully saturated rings. The third kappa shape index (κ3) is 2.80. The van der Waals surface area contributed by atoms with E-state index < -0.39 is 5.82 Å². The lowest BCUT2D eigenvalue weighted by Crippen LogP contribution is -2.06. The van der Waals surface area contributed by atoms with Gasteiger partial charge in [0.1, 0.15) is 0 Å². The fourth-order valence-corrected chi connectivity index (χ4v) is 1.89. The van der Waals surface area contributed by atoms with Crippen LogP contribution in [0.4, 0.5) is 4.39 Å². The second kappa shape index (κ2) is 5.20. The van der Waals surface area contributed by atoms with Crippen molar-refractivity contribution in [3.63, 3.8) is 0 Å². The second-order valence-electron chi connectivity index (χ2n) is 5.09. The molecular formula is C14H16FN3O2. The minimum absolute atomic E-state index is 0.0637. The van der Waals surface area contributed by atoms with Crippen LogP contribution < -0.4 is 10.5 Å². The van der Waals surface area contributed by atoms with Crippen molar-refractivity contribution in [3.8, 4) is 5.75 Å². The number of ether oxygens (including phenoxy) is 1. The largest absolute Gasteiger partial charge is 0.481 e. The van der Waals surface area contributed by atoms with Crippen molar-refractivity contribution in [1.29, 1.82) is 0 Å². The number of hydrogen-bond acceptors (Lipinski definition) is 5. The van der Waals surface area contributed by atoms with Crippen molar-refractivity contribution in [2.75, 3.05) is 0 Å². The van der Waals surface area contributed by atoms with Crippen LogP contribution in [0.25, 0.3) is 0 Å². The van der Waals surface area contributed by atoms with Crippen LogP contribution >= 0.6 is 0 Å². The van der Waals surface area contributed by atoms with E-state index in [1.54, 1.807) is 19.1 Å². The van der Waals surface area contributed by atoms with Gasteiger partial charge in [0.15, 0.2) is 24.0 Å². The first-order valence-corrected chi connectivity index (χ1v) is 6.64. The average molecular weight is 277 g/mol. The van der Waals surface area contributed by atoms with Gasteiger partial charge in [-0.1, -0.05) is 11.2 Å². The molecule has 0 radical (unpaired) electrons. The maximum absolute atomic E-state index is 13.8. The van der Waals surface area contributed by atoms with E-state index in [0.29, 0.717) is 11.8 Å². The highest BCUT2D eigenvalue weighted by atomic mass is 19.1. The first-order chi connectivity index (χ1) is 9.63. The van der Waals surface area contributed by atoms with Crippen LogP contribution in [-0.4, -0.2) is 10.1 Å². The minimum atomic E-state index is -0.443. The van der Waals surface area contributed by atoms with Gasteiger partial charge in [-0.3, -0.25) is 0 Å². The molecule has 0 bridgehead atoms. The fraction of sp³-hybridized carbons (Fsp3) is 0.429. The van der Waals surface area contributed by atoms with E-state index in [4.69, 9.17) is 15.0 Å². The van der Waals surface area contributed by atoms with Gasteiger partial charge in [0.25, 0.3) is 5.89 Å². The molecule has 1 aromatic carbocycles. The zero-order chi connectivity index (χ0) is 14.1. The van der Waals surface area contributed by atoms with Crippen LogP contribution in [0.5, 0.6) is 5.75 Å². The summed E-state index contributed by atoms with van der Waals surface area (Å²) in [5.41, 5.74) is 6.42. The molecule has 1 saturated carbocycles. The van der Waals surface area contributed by atoms with Crippen LogP contribution in [-0.2, 0) is 6.61 Å². The molecular weight excluding hydrogens is 261 g/mol. The highest BCUT2D eigenvalue weighted by molar-refractivity contribution is 5.30. The van der Waals surface area contributed by atoms with Crippen LogP contribution in [0, 0.1) is 5.82 Å². The Labute approximate surface area is 115 Å². The molecule has 2 N–H and O–H groups in total. The molecule has 0 spiro atoms. The van der Waals surface area contributed by atoms with Gasteiger partial charge in [-0.25, -0.2) is 4.39 Å². The highest BCUT2D eigenvalue weighted by Crippen LogP contribution is 2.38. The van der Waals surface area contributed by atoms with E-state index >= 15 is 0 Å². The highest BCUT2D eigenvalue weighted by Gasteiger charge is 2.28. The van der Waals surface area contributed by atoms with E-state index in [0.717, 1.165) is 24.2 Å². The fourth-order valence-electron chi connectivity index (χ4n) is 1.89. The van der Waals surface area contributed by atoms with Gasteiger partial charge in [0.05, 0.1) is 0 Å². The Bertz CT molecular complexity index is 608. The van der Waals surface area contributed by atoms with Crippen LogP contribution in [0.15, 0.2) is 22.7 Å². The minimum Gasteiger partial charge on any atom is -0.481 e. The van der Waals surface area contributed by atoms with Crippen molar-refractivity contribution >= 4 is 0 Å². The number of nitrogens with two attached hydrogens (primary N) is 1. The lowest BCUT2D eigenvalue weighted by molar-refractivity contribution is 0.234. The van der Waals surface area contributed by atoms with E-state index in [9.17, 15) is 4.39 Å². The van der Waals surface area contributed by atoms with Crippen molar-refractivity contribution in [3.05, 3.63) is 41.3 Å². The maximum Gasteiger partial charge on any atom is 0.264 e. The molecule has 1 atom stereocenters. The maximum atomic E-state index is 13.8. The molecule has 1 aliphatic rings. The molecule has 1 aliphatic carbocycles. The molecule has 3 rings (SSSR count). The van der Waals surface area contributed by atoms with Gasteiger partial charge in [0, 0.05) is 12.0 Å². The molecule has 1 aromatic heterocycles. The third-order valence-corrected chi connectivity index (χ3v) is 3.26. The molecule has 0 aliphatic heterocycles. The lowest BCUT2D eigenvalue weighted by Gasteiger charge is -2.09. The van der Waals surface area contributed by atoms with Crippen LogP contribution in [0.3, 0.4) is 0 Å². The molecule has 0 saturated heterocycles. The number of benzene rings is 1. The van der Waals surface area contributed by atoms with Crippen molar-refractivity contribution < 1.29 is 13.7 Å². The SMILES string of the molecule is C[C@@H](N)c1ccc(OCc2nc(C3CC3)no2)c(F)c1. The molecule has 5 nitrogen and oxygen atoms in total. The summed E-state index contributed by atoms with van der Waals surface area (Å²) in [6.07, 6.45) is 2.21. The Hall–Kier alpha value is -1.95. The topological polar surface area (TPSA) is 74.2 Å². The number of halogens is 1. The molecule has 20 heavy (non-hydrogen) atoms. The van der Waals surface area contributed by atoms with Gasteiger partial charge in [0.2, 0.25) is 0 Å². The summed E-state index contributed by atoms with van der Waals surface area (Å²) in [5, 5.41) is 3.87. The summed E-state index contributed by atoms with van der Waals surface area (Å²) in [4.78, 5) is 4.22. The smallest absolute Gasteiger partial charge is 0.264 e. The Balaban J connectivity index is 1.65. The average Bonchev–Trinajstić information content (AvgIpc) is 3.17. The molecule has 0 unspecified atom stereocenters. The van der Waals surface area contributed by atoms with Gasteiger partial charge < -0.3 is 15.0 Å². The quantitative estimate of drug-likeness (QED) is 0.909. The molecule has 106 valence electrons. The second-order valence-corrected chi connectivity index (χ2v) is 5.09. The molecule has 2 aromatic rings. The standard InChI is InChI=1S/C14H16FN3O2/c1-8(16)10-4-5-12(11(15)6-10)19-7-13-17-14(18-20-13)9-2-3-9/h4-6,8-9H,2-3,7,16H2,1H3/t8-/m1/s1. The zero-order valence-electron chi connectivity index (χ0n) is 11.2. The summed E-state index contributed by atoms with van der Waals surface area (Å²) in [6.45, 7) is 1.86. The number of hydrogen-bond donors (Lipinski definition) is 1. The van der Waals surface area contributed by atoms with E-state index in [1.807, 2.05) is 0 Å². The molecule has 6 heteroatoms. The summed E-state index contributed by atoms with van der Waals surface area (Å²) >= 11 is 0. The Morgan fingerprint density at radius 3 is 2.95 bits per heavy atom. The Kier molecular flexibility index (Phi) is 3.40. The Morgan fingerprint density at radius 2 is 2.30 bits per heavy atom. The number of aromatic nitrogens is 2. The Morgan fingerprint density at radius 1 is 1.50 bits per heavy atom. The number of rotatable bonds is 5. The van der Waals surface area contributed by atoms with Crippen LogP contribution in [0.2, 0.25) is 0 Å². The van der Waals surface area contributed by atoms with Crippen molar-refractivity contribution in [2.45, 2.75) is 38.3 Å². The predicted molar refractivity (Wildman–Crippen MR) is 69.6 cm³/mol. The summed E-state index contributed by atoms with van der Waals surface area (Å²) in [5.74, 6) is 1.22. The van der Waals surface area contributed by atoms with Crippen LogP contribution in [0.1, 0.15) is 49.0 Å². The first kappa shape index (κ1) is 13.1.